The first kappa shape index (κ1) is 19.6. The molecule has 2 heterocycles. The second kappa shape index (κ2) is 7.59. The van der Waals surface area contributed by atoms with Gasteiger partial charge in [-0.25, -0.2) is 4.98 Å². The Kier molecular flexibility index (Phi) is 5.12. The normalized spacial score (nSPS) is 15.2. The van der Waals surface area contributed by atoms with Crippen LogP contribution < -0.4 is 4.90 Å². The van der Waals surface area contributed by atoms with Gasteiger partial charge in [-0.3, -0.25) is 4.79 Å². The number of hydrogen-bond donors (Lipinski definition) is 0. The summed E-state index contributed by atoms with van der Waals surface area (Å²) in [5.41, 5.74) is 1.40. The minimum absolute atomic E-state index is 0.219. The molecule has 29 heavy (non-hydrogen) atoms. The van der Waals surface area contributed by atoms with Gasteiger partial charge in [0.25, 0.3) is 0 Å². The number of carbonyl (C=O) groups is 1. The average Bonchev–Trinajstić information content (AvgIpc) is 3.08. The van der Waals surface area contributed by atoms with Gasteiger partial charge in [-0.15, -0.1) is 0 Å². The lowest BCUT2D eigenvalue weighted by molar-refractivity contribution is -0.148. The van der Waals surface area contributed by atoms with Crippen LogP contribution in [-0.2, 0) is 17.5 Å². The van der Waals surface area contributed by atoms with Crippen LogP contribution in [-0.4, -0.2) is 46.5 Å². The first-order chi connectivity index (χ1) is 13.8. The number of rotatable bonds is 3. The van der Waals surface area contributed by atoms with Crippen molar-refractivity contribution in [3.63, 3.8) is 0 Å². The lowest BCUT2D eigenvalue weighted by Gasteiger charge is -2.36. The van der Waals surface area contributed by atoms with E-state index in [9.17, 15) is 18.0 Å². The number of halogens is 4. The van der Waals surface area contributed by atoms with Crippen molar-refractivity contribution < 1.29 is 18.0 Å². The molecule has 0 bridgehead atoms. The monoisotopic (exact) mass is 422 g/mol. The molecule has 1 saturated heterocycles. The fourth-order valence-corrected chi connectivity index (χ4v) is 3.85. The van der Waals surface area contributed by atoms with Gasteiger partial charge >= 0.3 is 6.18 Å². The number of imidazole rings is 1. The molecular formula is C20H18ClF3N4O. The predicted octanol–water partition coefficient (Wildman–Crippen LogP) is 4.06. The summed E-state index contributed by atoms with van der Waals surface area (Å²) in [6.07, 6.45) is -4.64. The van der Waals surface area contributed by atoms with Gasteiger partial charge in [-0.2, -0.15) is 13.2 Å². The second-order valence-electron chi connectivity index (χ2n) is 6.83. The lowest BCUT2D eigenvalue weighted by Crippen LogP contribution is -2.49. The van der Waals surface area contributed by atoms with Gasteiger partial charge in [0, 0.05) is 26.2 Å². The Morgan fingerprint density at radius 2 is 1.66 bits per heavy atom. The van der Waals surface area contributed by atoms with Crippen LogP contribution in [0.15, 0.2) is 48.5 Å². The van der Waals surface area contributed by atoms with E-state index in [1.165, 1.54) is 6.07 Å². The number of aromatic nitrogens is 2. The third kappa shape index (κ3) is 3.89. The Morgan fingerprint density at radius 1 is 1.00 bits per heavy atom. The number of hydrogen-bond acceptors (Lipinski definition) is 3. The fraction of sp³-hybridized carbons (Fsp3) is 0.300. The molecule has 1 aromatic heterocycles. The molecule has 3 aromatic rings. The highest BCUT2D eigenvalue weighted by Gasteiger charge is 2.38. The first-order valence-electron chi connectivity index (χ1n) is 9.14. The molecule has 0 saturated carbocycles. The van der Waals surface area contributed by atoms with Crippen LogP contribution in [0, 0.1) is 0 Å². The molecule has 5 nitrogen and oxygen atoms in total. The van der Waals surface area contributed by atoms with Crippen LogP contribution in [0.2, 0.25) is 5.02 Å². The quantitative estimate of drug-likeness (QED) is 0.639. The smallest absolute Gasteiger partial charge is 0.367 e. The van der Waals surface area contributed by atoms with Gasteiger partial charge in [-0.05, 0) is 24.3 Å². The number of nitrogens with zero attached hydrogens (tertiary/aromatic N) is 4. The summed E-state index contributed by atoms with van der Waals surface area (Å²) in [7, 11) is 0. The molecule has 1 amide bonds. The van der Waals surface area contributed by atoms with Crippen LogP contribution in [0.1, 0.15) is 5.82 Å². The SMILES string of the molecule is O=C(Cn1c(C(F)(F)F)nc2ccccc21)N1CCN(c2ccccc2Cl)CC1. The van der Waals surface area contributed by atoms with Crippen LogP contribution >= 0.6 is 11.6 Å². The van der Waals surface area contributed by atoms with Crippen molar-refractivity contribution in [2.75, 3.05) is 31.1 Å². The van der Waals surface area contributed by atoms with Crippen molar-refractivity contribution in [3.05, 3.63) is 59.4 Å². The van der Waals surface area contributed by atoms with Crippen LogP contribution in [0.25, 0.3) is 11.0 Å². The molecule has 0 unspecified atom stereocenters. The van der Waals surface area contributed by atoms with Gasteiger partial charge in [0.15, 0.2) is 0 Å². The number of para-hydroxylation sites is 3. The number of carbonyl (C=O) groups excluding carboxylic acids is 1. The van der Waals surface area contributed by atoms with Crippen molar-refractivity contribution >= 4 is 34.2 Å². The summed E-state index contributed by atoms with van der Waals surface area (Å²) in [6, 6.07) is 13.8. The highest BCUT2D eigenvalue weighted by Crippen LogP contribution is 2.32. The first-order valence-corrected chi connectivity index (χ1v) is 9.52. The molecular weight excluding hydrogens is 405 g/mol. The van der Waals surface area contributed by atoms with Crippen LogP contribution in [0.4, 0.5) is 18.9 Å². The zero-order chi connectivity index (χ0) is 20.6. The van der Waals surface area contributed by atoms with E-state index in [1.54, 1.807) is 29.2 Å². The number of alkyl halides is 3. The molecule has 152 valence electrons. The Bertz CT molecular complexity index is 1040. The van der Waals surface area contributed by atoms with Gasteiger partial charge in [0.1, 0.15) is 6.54 Å². The minimum Gasteiger partial charge on any atom is -0.367 e. The third-order valence-electron chi connectivity index (χ3n) is 5.03. The maximum atomic E-state index is 13.4. The zero-order valence-corrected chi connectivity index (χ0v) is 16.1. The Labute approximate surface area is 170 Å². The molecule has 4 rings (SSSR count). The number of benzene rings is 2. The van der Waals surface area contributed by atoms with Crippen molar-refractivity contribution in [2.45, 2.75) is 12.7 Å². The van der Waals surface area contributed by atoms with Crippen molar-refractivity contribution in [3.8, 4) is 0 Å². The number of piperazine rings is 1. The van der Waals surface area contributed by atoms with Gasteiger partial charge in [-0.1, -0.05) is 35.9 Å². The number of amides is 1. The van der Waals surface area contributed by atoms with E-state index in [0.717, 1.165) is 10.3 Å². The summed E-state index contributed by atoms with van der Waals surface area (Å²) < 4.78 is 41.2. The van der Waals surface area contributed by atoms with E-state index in [-0.39, 0.29) is 11.4 Å². The molecule has 0 spiro atoms. The van der Waals surface area contributed by atoms with Gasteiger partial charge in [0.2, 0.25) is 11.7 Å². The Balaban J connectivity index is 1.50. The van der Waals surface area contributed by atoms with E-state index in [2.05, 4.69) is 9.88 Å². The summed E-state index contributed by atoms with van der Waals surface area (Å²) in [5.74, 6) is -1.42. The van der Waals surface area contributed by atoms with Crippen molar-refractivity contribution in [1.82, 2.24) is 14.5 Å². The van der Waals surface area contributed by atoms with E-state index in [4.69, 9.17) is 11.6 Å². The summed E-state index contributed by atoms with van der Waals surface area (Å²) >= 11 is 6.23. The van der Waals surface area contributed by atoms with Gasteiger partial charge < -0.3 is 14.4 Å². The number of fused-ring (bicyclic) bond motifs is 1. The summed E-state index contributed by atoms with van der Waals surface area (Å²) in [6.45, 7) is 1.55. The topological polar surface area (TPSA) is 41.4 Å². The van der Waals surface area contributed by atoms with Gasteiger partial charge in [0.05, 0.1) is 21.7 Å². The van der Waals surface area contributed by atoms with Crippen LogP contribution in [0.3, 0.4) is 0 Å². The molecule has 1 fully saturated rings. The van der Waals surface area contributed by atoms with Crippen molar-refractivity contribution in [1.29, 1.82) is 0 Å². The molecule has 0 aliphatic carbocycles. The third-order valence-corrected chi connectivity index (χ3v) is 5.35. The molecule has 0 N–H and O–H groups in total. The second-order valence-corrected chi connectivity index (χ2v) is 7.23. The Morgan fingerprint density at radius 3 is 2.34 bits per heavy atom. The average molecular weight is 423 g/mol. The van der Waals surface area contributed by atoms with Crippen LogP contribution in [0.5, 0.6) is 0 Å². The predicted molar refractivity (Wildman–Crippen MR) is 105 cm³/mol. The summed E-state index contributed by atoms with van der Waals surface area (Å²) in [4.78, 5) is 20.1. The van der Waals surface area contributed by atoms with E-state index >= 15 is 0 Å². The Hall–Kier alpha value is -2.74. The highest BCUT2D eigenvalue weighted by atomic mass is 35.5. The number of anilines is 1. The minimum atomic E-state index is -4.64. The maximum absolute atomic E-state index is 13.4. The van der Waals surface area contributed by atoms with E-state index < -0.39 is 18.5 Å². The highest BCUT2D eigenvalue weighted by molar-refractivity contribution is 6.33. The summed E-state index contributed by atoms with van der Waals surface area (Å²) in [5, 5.41) is 0.631. The molecule has 0 radical (unpaired) electrons. The van der Waals surface area contributed by atoms with E-state index in [1.807, 2.05) is 18.2 Å². The largest absolute Gasteiger partial charge is 0.449 e. The molecule has 2 aromatic carbocycles. The van der Waals surface area contributed by atoms with E-state index in [0.29, 0.717) is 36.7 Å². The van der Waals surface area contributed by atoms with Crippen molar-refractivity contribution in [2.24, 2.45) is 0 Å². The molecule has 1 aliphatic rings. The zero-order valence-electron chi connectivity index (χ0n) is 15.4. The maximum Gasteiger partial charge on any atom is 0.449 e. The lowest BCUT2D eigenvalue weighted by atomic mass is 10.2. The molecule has 0 atom stereocenters. The fourth-order valence-electron chi connectivity index (χ4n) is 3.59. The molecule has 9 heteroatoms. The molecule has 1 aliphatic heterocycles. The standard InChI is InChI=1S/C20H18ClF3N4O/c21-14-5-1-3-7-16(14)26-9-11-27(12-10-26)18(29)13-28-17-8-4-2-6-15(17)25-19(28)20(22,23)24/h1-8H,9-13H2.